The van der Waals surface area contributed by atoms with Crippen LogP contribution in [-0.4, -0.2) is 31.4 Å². The topological polar surface area (TPSA) is 66.5 Å². The van der Waals surface area contributed by atoms with E-state index in [1.807, 2.05) is 61.5 Å². The van der Waals surface area contributed by atoms with E-state index in [0.717, 1.165) is 16.8 Å². The molecule has 2 aromatic rings. The lowest BCUT2D eigenvalue weighted by molar-refractivity contribution is -0.116. The van der Waals surface area contributed by atoms with Gasteiger partial charge in [0.15, 0.2) is 0 Å². The average molecular weight is 389 g/mol. The molecule has 0 aliphatic rings. The van der Waals surface area contributed by atoms with Gasteiger partial charge in [0.05, 0.1) is 6.26 Å². The van der Waals surface area contributed by atoms with Gasteiger partial charge in [-0.1, -0.05) is 62.4 Å². The number of nitrogens with one attached hydrogen (secondary N) is 1. The number of amides is 1. The minimum Gasteiger partial charge on any atom is -0.326 e. The van der Waals surface area contributed by atoms with Gasteiger partial charge in [-0.3, -0.25) is 4.79 Å². The lowest BCUT2D eigenvalue weighted by Gasteiger charge is -2.27. The third kappa shape index (κ3) is 5.91. The van der Waals surface area contributed by atoms with Crippen molar-refractivity contribution in [1.29, 1.82) is 0 Å². The Morgan fingerprint density at radius 2 is 1.59 bits per heavy atom. The van der Waals surface area contributed by atoms with Crippen molar-refractivity contribution in [2.45, 2.75) is 39.2 Å². The Bertz CT molecular complexity index is 864. The molecule has 6 heteroatoms. The largest absolute Gasteiger partial charge is 0.326 e. The second-order valence-electron chi connectivity index (χ2n) is 7.00. The molecule has 1 unspecified atom stereocenters. The van der Waals surface area contributed by atoms with Crippen molar-refractivity contribution in [3.63, 3.8) is 0 Å². The Kier molecular flexibility index (Phi) is 7.16. The normalized spacial score (nSPS) is 13.0. The number of hydrogen-bond donors (Lipinski definition) is 1. The summed E-state index contributed by atoms with van der Waals surface area (Å²) >= 11 is 0. The zero-order chi connectivity index (χ0) is 20.0. The molecule has 1 amide bonds. The van der Waals surface area contributed by atoms with Gasteiger partial charge in [0.2, 0.25) is 15.9 Å². The third-order valence-corrected chi connectivity index (χ3v) is 5.91. The first-order valence-electron chi connectivity index (χ1n) is 9.10. The molecule has 1 N–H and O–H groups in total. The quantitative estimate of drug-likeness (QED) is 0.738. The molecule has 27 heavy (non-hydrogen) atoms. The number of rotatable bonds is 8. The van der Waals surface area contributed by atoms with Crippen LogP contribution >= 0.6 is 0 Å². The Morgan fingerprint density at radius 3 is 2.19 bits per heavy atom. The summed E-state index contributed by atoms with van der Waals surface area (Å²) in [7, 11) is -3.45. The summed E-state index contributed by atoms with van der Waals surface area (Å²) in [6, 6.07) is 16.8. The number of sulfonamides is 1. The van der Waals surface area contributed by atoms with Gasteiger partial charge in [-0.25, -0.2) is 8.42 Å². The SMILES string of the molecule is CC(C)c1ccccc1NC(=O)CCN(C(C)c1ccccc1)S(C)(=O)=O. The van der Waals surface area contributed by atoms with Crippen molar-refractivity contribution < 1.29 is 13.2 Å². The van der Waals surface area contributed by atoms with Gasteiger partial charge >= 0.3 is 0 Å². The van der Waals surface area contributed by atoms with Gasteiger partial charge in [-0.15, -0.1) is 0 Å². The molecule has 0 aliphatic heterocycles. The van der Waals surface area contributed by atoms with Crippen LogP contribution in [0.5, 0.6) is 0 Å². The van der Waals surface area contributed by atoms with E-state index in [4.69, 9.17) is 0 Å². The molecular formula is C21H28N2O3S. The lowest BCUT2D eigenvalue weighted by Crippen LogP contribution is -2.35. The van der Waals surface area contributed by atoms with Gasteiger partial charge in [0.25, 0.3) is 0 Å². The highest BCUT2D eigenvalue weighted by molar-refractivity contribution is 7.88. The minimum absolute atomic E-state index is 0.0939. The van der Waals surface area contributed by atoms with Crippen LogP contribution < -0.4 is 5.32 Å². The smallest absolute Gasteiger partial charge is 0.225 e. The maximum atomic E-state index is 12.4. The molecule has 0 saturated carbocycles. The van der Waals surface area contributed by atoms with Crippen LogP contribution in [0.1, 0.15) is 50.3 Å². The number of nitrogens with zero attached hydrogens (tertiary/aromatic N) is 1. The molecule has 0 fully saturated rings. The number of para-hydroxylation sites is 1. The van der Waals surface area contributed by atoms with Crippen molar-refractivity contribution in [1.82, 2.24) is 4.31 Å². The third-order valence-electron chi connectivity index (χ3n) is 4.56. The fourth-order valence-electron chi connectivity index (χ4n) is 3.08. The van der Waals surface area contributed by atoms with Gasteiger partial charge in [-0.05, 0) is 30.0 Å². The van der Waals surface area contributed by atoms with E-state index < -0.39 is 10.0 Å². The van der Waals surface area contributed by atoms with Crippen molar-refractivity contribution in [3.05, 3.63) is 65.7 Å². The summed E-state index contributed by atoms with van der Waals surface area (Å²) in [5.74, 6) is 0.0872. The second kappa shape index (κ2) is 9.15. The summed E-state index contributed by atoms with van der Waals surface area (Å²) in [5, 5.41) is 2.92. The lowest BCUT2D eigenvalue weighted by atomic mass is 10.0. The first-order chi connectivity index (χ1) is 12.7. The zero-order valence-electron chi connectivity index (χ0n) is 16.3. The highest BCUT2D eigenvalue weighted by atomic mass is 32.2. The first kappa shape index (κ1) is 21.1. The molecule has 0 bridgehead atoms. The first-order valence-corrected chi connectivity index (χ1v) is 11.0. The van der Waals surface area contributed by atoms with E-state index >= 15 is 0 Å². The number of hydrogen-bond acceptors (Lipinski definition) is 3. The standard InChI is InChI=1S/C21H28N2O3S/c1-16(2)19-12-8-9-13-20(19)22-21(24)14-15-23(27(4,25)26)17(3)18-10-6-5-7-11-18/h5-13,16-17H,14-15H2,1-4H3,(H,22,24). The van der Waals surface area contributed by atoms with E-state index in [1.54, 1.807) is 0 Å². The fourth-order valence-corrected chi connectivity index (χ4v) is 4.20. The highest BCUT2D eigenvalue weighted by Gasteiger charge is 2.25. The van der Waals surface area contributed by atoms with E-state index in [1.165, 1.54) is 10.6 Å². The van der Waals surface area contributed by atoms with Gasteiger partial charge < -0.3 is 5.32 Å². The maximum absolute atomic E-state index is 12.4. The minimum atomic E-state index is -3.45. The molecule has 146 valence electrons. The monoisotopic (exact) mass is 388 g/mol. The molecule has 0 saturated heterocycles. The molecular weight excluding hydrogens is 360 g/mol. The van der Waals surface area contributed by atoms with Crippen LogP contribution in [0.15, 0.2) is 54.6 Å². The van der Waals surface area contributed by atoms with Gasteiger partial charge in [-0.2, -0.15) is 4.31 Å². The molecule has 0 spiro atoms. The number of carbonyl (C=O) groups is 1. The molecule has 5 nitrogen and oxygen atoms in total. The molecule has 1 atom stereocenters. The molecule has 0 radical (unpaired) electrons. The summed E-state index contributed by atoms with van der Waals surface area (Å²) < 4.78 is 25.9. The Balaban J connectivity index is 2.08. The molecule has 2 aromatic carbocycles. The van der Waals surface area contributed by atoms with E-state index in [2.05, 4.69) is 19.2 Å². The van der Waals surface area contributed by atoms with Crippen LogP contribution in [0.2, 0.25) is 0 Å². The Hall–Kier alpha value is -2.18. The van der Waals surface area contributed by atoms with Crippen molar-refractivity contribution >= 4 is 21.6 Å². The fraction of sp³-hybridized carbons (Fsp3) is 0.381. The van der Waals surface area contributed by atoms with Crippen LogP contribution in [0.3, 0.4) is 0 Å². The molecule has 2 rings (SSSR count). The predicted molar refractivity (Wildman–Crippen MR) is 110 cm³/mol. The maximum Gasteiger partial charge on any atom is 0.225 e. The Morgan fingerprint density at radius 1 is 1.00 bits per heavy atom. The van der Waals surface area contributed by atoms with E-state index in [0.29, 0.717) is 0 Å². The van der Waals surface area contributed by atoms with Crippen LogP contribution in [0.4, 0.5) is 5.69 Å². The highest BCUT2D eigenvalue weighted by Crippen LogP contribution is 2.25. The number of benzene rings is 2. The summed E-state index contributed by atoms with van der Waals surface area (Å²) in [5.41, 5.74) is 2.73. The second-order valence-corrected chi connectivity index (χ2v) is 8.94. The van der Waals surface area contributed by atoms with E-state index in [-0.39, 0.29) is 30.8 Å². The zero-order valence-corrected chi connectivity index (χ0v) is 17.2. The number of carbonyl (C=O) groups excluding carboxylic acids is 1. The van der Waals surface area contributed by atoms with Crippen LogP contribution in [0.25, 0.3) is 0 Å². The molecule has 0 aromatic heterocycles. The van der Waals surface area contributed by atoms with E-state index in [9.17, 15) is 13.2 Å². The van der Waals surface area contributed by atoms with Crippen molar-refractivity contribution in [2.24, 2.45) is 0 Å². The average Bonchev–Trinajstić information content (AvgIpc) is 2.61. The van der Waals surface area contributed by atoms with Crippen molar-refractivity contribution in [3.8, 4) is 0 Å². The summed E-state index contributed by atoms with van der Waals surface area (Å²) in [4.78, 5) is 12.4. The van der Waals surface area contributed by atoms with Crippen molar-refractivity contribution in [2.75, 3.05) is 18.1 Å². The van der Waals surface area contributed by atoms with Crippen LogP contribution in [-0.2, 0) is 14.8 Å². The predicted octanol–water partition coefficient (Wildman–Crippen LogP) is 4.16. The number of anilines is 1. The van der Waals surface area contributed by atoms with Gasteiger partial charge in [0.1, 0.15) is 0 Å². The van der Waals surface area contributed by atoms with Gasteiger partial charge in [0, 0.05) is 24.7 Å². The Labute approximate surface area is 162 Å². The van der Waals surface area contributed by atoms with Crippen LogP contribution in [0, 0.1) is 0 Å². The molecule has 0 heterocycles. The summed E-state index contributed by atoms with van der Waals surface area (Å²) in [6.45, 7) is 6.10. The summed E-state index contributed by atoms with van der Waals surface area (Å²) in [6.07, 6.45) is 1.27. The molecule has 0 aliphatic carbocycles.